The normalized spacial score (nSPS) is 35.1. The van der Waals surface area contributed by atoms with Gasteiger partial charge < -0.3 is 14.3 Å². The van der Waals surface area contributed by atoms with Crippen molar-refractivity contribution in [3.8, 4) is 0 Å². The maximum Gasteiger partial charge on any atom is 0.322 e. The predicted molar refractivity (Wildman–Crippen MR) is 128 cm³/mol. The first kappa shape index (κ1) is 23.1. The largest absolute Gasteiger partial charge is 0.333 e. The minimum Gasteiger partial charge on any atom is -0.333 e. The number of nitrogens with zero attached hydrogens (tertiary/aromatic N) is 4. The molecule has 0 radical (unpaired) electrons. The van der Waals surface area contributed by atoms with Crippen LogP contribution in [0.3, 0.4) is 0 Å². The van der Waals surface area contributed by atoms with Crippen LogP contribution < -0.4 is 4.90 Å². The Kier molecular flexibility index (Phi) is 4.84. The van der Waals surface area contributed by atoms with E-state index < -0.39 is 11.8 Å². The Balaban J connectivity index is 1.23. The SMILES string of the molecule is [C-]#[N+]C12CC(C(=O)N(CC34CCC(c5noc(C(C)(F)F)n5)(CC3)CC4)c3cccc(Br)c3)(C1)C2. The first-order valence-corrected chi connectivity index (χ1v) is 13.0. The van der Waals surface area contributed by atoms with Crippen molar-refractivity contribution in [2.24, 2.45) is 10.8 Å². The summed E-state index contributed by atoms with van der Waals surface area (Å²) in [5.41, 5.74) is -0.152. The lowest BCUT2D eigenvalue weighted by atomic mass is 9.39. The van der Waals surface area contributed by atoms with E-state index in [0.29, 0.717) is 31.6 Å². The summed E-state index contributed by atoms with van der Waals surface area (Å²) in [4.78, 5) is 23.7. The molecule has 8 rings (SSSR count). The fourth-order valence-electron chi connectivity index (χ4n) is 7.08. The molecule has 0 atom stereocenters. The Morgan fingerprint density at radius 2 is 1.86 bits per heavy atom. The van der Waals surface area contributed by atoms with Crippen molar-refractivity contribution in [2.45, 2.75) is 81.6 Å². The lowest BCUT2D eigenvalue weighted by Crippen LogP contribution is -2.71. The molecule has 6 aliphatic rings. The molecule has 6 saturated carbocycles. The predicted octanol–water partition coefficient (Wildman–Crippen LogP) is 6.41. The van der Waals surface area contributed by atoms with E-state index in [0.717, 1.165) is 55.6 Å². The second kappa shape index (κ2) is 7.34. The molecule has 1 aromatic heterocycles. The molecule has 184 valence electrons. The number of halogens is 3. The van der Waals surface area contributed by atoms with E-state index in [1.807, 2.05) is 29.2 Å². The third-order valence-corrected chi connectivity index (χ3v) is 9.72. The summed E-state index contributed by atoms with van der Waals surface area (Å²) in [6.07, 6.45) is 7.07. The number of hydrogen-bond donors (Lipinski definition) is 0. The molecule has 4 bridgehead atoms. The van der Waals surface area contributed by atoms with Crippen molar-refractivity contribution in [3.05, 3.63) is 51.9 Å². The zero-order valence-corrected chi connectivity index (χ0v) is 21.2. The molecular weight excluding hydrogens is 518 g/mol. The molecule has 0 spiro atoms. The van der Waals surface area contributed by atoms with Crippen molar-refractivity contribution in [2.75, 3.05) is 11.4 Å². The van der Waals surface area contributed by atoms with Gasteiger partial charge in [0.25, 0.3) is 5.89 Å². The van der Waals surface area contributed by atoms with Gasteiger partial charge >= 0.3 is 5.92 Å². The molecule has 2 aromatic rings. The van der Waals surface area contributed by atoms with Crippen LogP contribution in [0.5, 0.6) is 0 Å². The molecule has 6 aliphatic carbocycles. The monoisotopic (exact) mass is 544 g/mol. The number of benzene rings is 1. The summed E-state index contributed by atoms with van der Waals surface area (Å²) >= 11 is 3.55. The number of hydrogen-bond acceptors (Lipinski definition) is 4. The fraction of sp³-hybridized carbons (Fsp3) is 0.615. The molecule has 6 fully saturated rings. The molecule has 0 aliphatic heterocycles. The number of carbonyl (C=O) groups is 1. The second-order valence-electron chi connectivity index (χ2n) is 11.6. The molecule has 9 heteroatoms. The van der Waals surface area contributed by atoms with Crippen LogP contribution in [0.1, 0.15) is 76.4 Å². The van der Waals surface area contributed by atoms with Gasteiger partial charge in [-0.05, 0) is 62.1 Å². The van der Waals surface area contributed by atoms with Crippen LogP contribution in [0.4, 0.5) is 14.5 Å². The highest BCUT2D eigenvalue weighted by Crippen LogP contribution is 2.70. The Bertz CT molecular complexity index is 1200. The van der Waals surface area contributed by atoms with Crippen LogP contribution in [-0.4, -0.2) is 28.1 Å². The van der Waals surface area contributed by atoms with Crippen LogP contribution in [0, 0.1) is 17.4 Å². The molecule has 6 nitrogen and oxygen atoms in total. The van der Waals surface area contributed by atoms with Crippen molar-refractivity contribution in [3.63, 3.8) is 0 Å². The van der Waals surface area contributed by atoms with Gasteiger partial charge in [0.1, 0.15) is 0 Å². The van der Waals surface area contributed by atoms with Crippen molar-refractivity contribution in [1.82, 2.24) is 10.1 Å². The van der Waals surface area contributed by atoms with E-state index in [2.05, 4.69) is 30.9 Å². The van der Waals surface area contributed by atoms with Gasteiger partial charge in [0.15, 0.2) is 5.82 Å². The minimum atomic E-state index is -3.15. The highest BCUT2D eigenvalue weighted by Gasteiger charge is 2.78. The van der Waals surface area contributed by atoms with E-state index in [4.69, 9.17) is 11.1 Å². The Labute approximate surface area is 211 Å². The van der Waals surface area contributed by atoms with Crippen LogP contribution in [0.2, 0.25) is 0 Å². The van der Waals surface area contributed by atoms with Gasteiger partial charge in [-0.2, -0.15) is 13.8 Å². The van der Waals surface area contributed by atoms with E-state index in [1.165, 1.54) is 0 Å². The zero-order chi connectivity index (χ0) is 24.7. The summed E-state index contributed by atoms with van der Waals surface area (Å²) in [7, 11) is 0. The van der Waals surface area contributed by atoms with Gasteiger partial charge in [-0.3, -0.25) is 4.79 Å². The summed E-state index contributed by atoms with van der Waals surface area (Å²) in [5, 5.41) is 3.95. The second-order valence-corrected chi connectivity index (χ2v) is 12.5. The highest BCUT2D eigenvalue weighted by molar-refractivity contribution is 9.10. The minimum absolute atomic E-state index is 0.0258. The van der Waals surface area contributed by atoms with Gasteiger partial charge in [0.05, 0.1) is 5.41 Å². The molecule has 1 heterocycles. The van der Waals surface area contributed by atoms with Crippen LogP contribution >= 0.6 is 15.9 Å². The smallest absolute Gasteiger partial charge is 0.322 e. The van der Waals surface area contributed by atoms with Gasteiger partial charge in [-0.25, -0.2) is 6.57 Å². The zero-order valence-electron chi connectivity index (χ0n) is 19.6. The summed E-state index contributed by atoms with van der Waals surface area (Å²) in [6, 6.07) is 7.88. The highest BCUT2D eigenvalue weighted by atomic mass is 79.9. The van der Waals surface area contributed by atoms with Gasteiger partial charge in [-0.1, -0.05) is 27.2 Å². The molecule has 1 aromatic carbocycles. The molecule has 0 N–H and O–H groups in total. The summed E-state index contributed by atoms with van der Waals surface area (Å²) < 4.78 is 33.2. The Morgan fingerprint density at radius 3 is 2.40 bits per heavy atom. The number of fused-ring (bicyclic) bond motifs is 3. The quantitative estimate of drug-likeness (QED) is 0.394. The Morgan fingerprint density at radius 1 is 1.20 bits per heavy atom. The molecular formula is C26H27BrF2N4O2. The number of alkyl halides is 2. The number of anilines is 1. The van der Waals surface area contributed by atoms with Crippen molar-refractivity contribution < 1.29 is 18.1 Å². The Hall–Kier alpha value is -2.34. The number of amides is 1. The van der Waals surface area contributed by atoms with E-state index in [9.17, 15) is 13.6 Å². The lowest BCUT2D eigenvalue weighted by molar-refractivity contribution is -0.162. The van der Waals surface area contributed by atoms with Crippen molar-refractivity contribution >= 4 is 27.5 Å². The fourth-order valence-corrected chi connectivity index (χ4v) is 7.47. The van der Waals surface area contributed by atoms with Gasteiger partial charge in [0.2, 0.25) is 11.4 Å². The third-order valence-electron chi connectivity index (χ3n) is 9.23. The first-order valence-electron chi connectivity index (χ1n) is 12.2. The number of aromatic nitrogens is 2. The van der Waals surface area contributed by atoms with Crippen LogP contribution in [0.25, 0.3) is 4.85 Å². The topological polar surface area (TPSA) is 63.6 Å². The maximum absolute atomic E-state index is 13.9. The maximum atomic E-state index is 13.9. The molecule has 35 heavy (non-hydrogen) atoms. The van der Waals surface area contributed by atoms with Gasteiger partial charge in [0, 0.05) is 48.3 Å². The van der Waals surface area contributed by atoms with E-state index >= 15 is 0 Å². The van der Waals surface area contributed by atoms with Crippen LogP contribution in [0.15, 0.2) is 33.3 Å². The lowest BCUT2D eigenvalue weighted by Gasteiger charge is -2.62. The number of rotatable bonds is 6. The van der Waals surface area contributed by atoms with Crippen LogP contribution in [-0.2, 0) is 16.1 Å². The number of carbonyl (C=O) groups excluding carboxylic acids is 1. The first-order chi connectivity index (χ1) is 16.5. The average molecular weight is 545 g/mol. The molecule has 0 saturated heterocycles. The molecule has 1 amide bonds. The standard InChI is InChI=1S/C26H27BrF2N4O2/c1-22(28,29)20-31-19(32-35-20)24-9-6-23(7-10-24,8-11-24)16-33(18-5-3-4-17(27)12-18)21(34)25-13-26(14-25,15-25)30-2/h3-5,12H,6-11,13-16H2,1H3. The average Bonchev–Trinajstić information content (AvgIpc) is 3.29. The third kappa shape index (κ3) is 3.46. The van der Waals surface area contributed by atoms with Crippen molar-refractivity contribution in [1.29, 1.82) is 0 Å². The van der Waals surface area contributed by atoms with E-state index in [1.54, 1.807) is 0 Å². The van der Waals surface area contributed by atoms with E-state index in [-0.39, 0.29) is 27.7 Å². The molecule has 0 unspecified atom stereocenters. The van der Waals surface area contributed by atoms with Gasteiger partial charge in [-0.15, -0.1) is 0 Å². The summed E-state index contributed by atoms with van der Waals surface area (Å²) in [6.45, 7) is 8.86. The summed E-state index contributed by atoms with van der Waals surface area (Å²) in [5.74, 6) is -3.22.